The van der Waals surface area contributed by atoms with E-state index in [1.807, 2.05) is 14.1 Å². The number of hydrogen-bond donors (Lipinski definition) is 2. The van der Waals surface area contributed by atoms with Crippen LogP contribution in [-0.2, 0) is 10.1 Å². The fourth-order valence-corrected chi connectivity index (χ4v) is 4.59. The number of rotatable bonds is 21. The summed E-state index contributed by atoms with van der Waals surface area (Å²) < 4.78 is 47.4. The van der Waals surface area contributed by atoms with E-state index in [1.165, 1.54) is 64.2 Å². The zero-order valence-electron chi connectivity index (χ0n) is 21.2. The molecule has 0 aliphatic carbocycles. The van der Waals surface area contributed by atoms with Gasteiger partial charge in [-0.2, -0.15) is 8.42 Å². The Kier molecular flexibility index (Phi) is 24.4. The summed E-state index contributed by atoms with van der Waals surface area (Å²) in [5, 5.41) is 0.301. The van der Waals surface area contributed by atoms with Crippen molar-refractivity contribution in [3.63, 3.8) is 0 Å². The number of hydrogen-bond acceptors (Lipinski definition) is 3. The molecule has 190 valence electrons. The summed E-state index contributed by atoms with van der Waals surface area (Å²) in [6.07, 6.45) is 19.5. The fourth-order valence-electron chi connectivity index (χ4n) is 3.78. The SMILES string of the molecule is CCCCCCCCCCCC(F)(CCCCCCCCCCC)S(=O)(=O)O.CNC. The molecule has 0 atom stereocenters. The molecule has 0 fully saturated rings. The minimum atomic E-state index is -4.65. The van der Waals surface area contributed by atoms with Gasteiger partial charge in [-0.3, -0.25) is 4.55 Å². The van der Waals surface area contributed by atoms with Gasteiger partial charge in [-0.1, -0.05) is 117 Å². The maximum Gasteiger partial charge on any atom is 0.300 e. The molecule has 4 nitrogen and oxygen atoms in total. The van der Waals surface area contributed by atoms with E-state index in [2.05, 4.69) is 19.2 Å². The van der Waals surface area contributed by atoms with Crippen molar-refractivity contribution in [3.8, 4) is 0 Å². The average molecular weight is 468 g/mol. The van der Waals surface area contributed by atoms with Gasteiger partial charge in [-0.25, -0.2) is 4.39 Å². The van der Waals surface area contributed by atoms with Gasteiger partial charge in [0.05, 0.1) is 0 Å². The summed E-state index contributed by atoms with van der Waals surface area (Å²) >= 11 is 0. The first kappa shape index (κ1) is 33.0. The van der Waals surface area contributed by atoms with Crippen LogP contribution in [0, 0.1) is 0 Å². The third kappa shape index (κ3) is 21.4. The zero-order chi connectivity index (χ0) is 23.8. The second-order valence-corrected chi connectivity index (χ2v) is 10.7. The zero-order valence-corrected chi connectivity index (χ0v) is 22.0. The first-order valence-electron chi connectivity index (χ1n) is 13.0. The molecule has 2 N–H and O–H groups in total. The van der Waals surface area contributed by atoms with Crippen molar-refractivity contribution in [1.29, 1.82) is 0 Å². The summed E-state index contributed by atoms with van der Waals surface area (Å²) in [6.45, 7) is 4.40. The predicted octanol–water partition coefficient (Wildman–Crippen LogP) is 8.22. The van der Waals surface area contributed by atoms with E-state index in [-0.39, 0.29) is 12.8 Å². The number of nitrogens with one attached hydrogen (secondary N) is 1. The largest absolute Gasteiger partial charge is 0.323 e. The molecule has 0 aromatic heterocycles. The quantitative estimate of drug-likeness (QED) is 0.132. The molecule has 0 rings (SSSR count). The van der Waals surface area contributed by atoms with Gasteiger partial charge in [0.1, 0.15) is 0 Å². The Bertz CT molecular complexity index is 436. The van der Waals surface area contributed by atoms with Crippen molar-refractivity contribution in [3.05, 3.63) is 0 Å². The van der Waals surface area contributed by atoms with Crippen LogP contribution in [0.1, 0.15) is 142 Å². The third-order valence-corrected chi connectivity index (χ3v) is 7.10. The molecule has 0 bridgehead atoms. The minimum Gasteiger partial charge on any atom is -0.323 e. The average Bonchev–Trinajstić information content (AvgIpc) is 2.71. The molecular weight excluding hydrogens is 413 g/mol. The molecule has 0 heterocycles. The van der Waals surface area contributed by atoms with E-state index in [9.17, 15) is 17.4 Å². The van der Waals surface area contributed by atoms with Crippen LogP contribution in [0.2, 0.25) is 0 Å². The second kappa shape index (κ2) is 23.0. The summed E-state index contributed by atoms with van der Waals surface area (Å²) in [5.41, 5.74) is 0. The lowest BCUT2D eigenvalue weighted by Gasteiger charge is -2.22. The summed E-state index contributed by atoms with van der Waals surface area (Å²) in [4.78, 5) is 0. The highest BCUT2D eigenvalue weighted by molar-refractivity contribution is 7.87. The van der Waals surface area contributed by atoms with Crippen molar-refractivity contribution < 1.29 is 17.4 Å². The van der Waals surface area contributed by atoms with E-state index in [0.29, 0.717) is 12.8 Å². The molecule has 0 aromatic rings. The first-order chi connectivity index (χ1) is 14.8. The lowest BCUT2D eigenvalue weighted by molar-refractivity contribution is 0.203. The van der Waals surface area contributed by atoms with Crippen LogP contribution in [0.4, 0.5) is 4.39 Å². The van der Waals surface area contributed by atoms with Gasteiger partial charge in [0.2, 0.25) is 5.00 Å². The Morgan fingerprint density at radius 3 is 1.06 bits per heavy atom. The van der Waals surface area contributed by atoms with Gasteiger partial charge in [0.25, 0.3) is 10.1 Å². The van der Waals surface area contributed by atoms with E-state index in [1.54, 1.807) is 0 Å². The Balaban J connectivity index is 0. The molecule has 0 saturated carbocycles. The van der Waals surface area contributed by atoms with Crippen LogP contribution in [0.5, 0.6) is 0 Å². The van der Waals surface area contributed by atoms with Gasteiger partial charge in [0.15, 0.2) is 0 Å². The maximum absolute atomic E-state index is 14.9. The van der Waals surface area contributed by atoms with E-state index < -0.39 is 15.1 Å². The lowest BCUT2D eigenvalue weighted by Crippen LogP contribution is -2.33. The highest BCUT2D eigenvalue weighted by atomic mass is 32.2. The number of alkyl halides is 1. The molecule has 0 radical (unpaired) electrons. The normalized spacial score (nSPS) is 11.9. The van der Waals surface area contributed by atoms with Gasteiger partial charge in [0, 0.05) is 0 Å². The highest BCUT2D eigenvalue weighted by Gasteiger charge is 2.42. The van der Waals surface area contributed by atoms with Crippen LogP contribution < -0.4 is 5.32 Å². The van der Waals surface area contributed by atoms with Crippen molar-refractivity contribution in [2.45, 2.75) is 147 Å². The van der Waals surface area contributed by atoms with Crippen LogP contribution >= 0.6 is 0 Å². The third-order valence-electron chi connectivity index (χ3n) is 5.77. The van der Waals surface area contributed by atoms with E-state index in [4.69, 9.17) is 0 Å². The standard InChI is InChI=1S/C23H47FO3S.C2H7N/c1-3-5-7-9-11-13-15-17-19-21-23(24,28(25,26)27)22-20-18-16-14-12-10-8-6-4-2;1-3-2/h3-22H2,1-2H3,(H,25,26,27);3H,1-2H3. The van der Waals surface area contributed by atoms with Crippen molar-refractivity contribution >= 4 is 10.1 Å². The molecule has 0 saturated heterocycles. The smallest absolute Gasteiger partial charge is 0.300 e. The van der Waals surface area contributed by atoms with E-state index in [0.717, 1.165) is 38.5 Å². The van der Waals surface area contributed by atoms with Gasteiger partial charge in [-0.15, -0.1) is 0 Å². The number of halogens is 1. The summed E-state index contributed by atoms with van der Waals surface area (Å²) in [6, 6.07) is 0. The molecule has 0 spiro atoms. The molecule has 0 aliphatic rings. The molecule has 6 heteroatoms. The van der Waals surface area contributed by atoms with Crippen molar-refractivity contribution in [2.75, 3.05) is 14.1 Å². The molecule has 0 aromatic carbocycles. The molecule has 31 heavy (non-hydrogen) atoms. The molecule has 0 unspecified atom stereocenters. The predicted molar refractivity (Wildman–Crippen MR) is 134 cm³/mol. The number of unbranched alkanes of at least 4 members (excludes halogenated alkanes) is 16. The summed E-state index contributed by atoms with van der Waals surface area (Å²) in [7, 11) is -0.896. The van der Waals surface area contributed by atoms with Crippen LogP contribution in [0.3, 0.4) is 0 Å². The highest BCUT2D eigenvalue weighted by Crippen LogP contribution is 2.32. The molecule has 0 amide bonds. The Morgan fingerprint density at radius 2 is 0.839 bits per heavy atom. The van der Waals surface area contributed by atoms with Gasteiger partial charge in [-0.05, 0) is 39.8 Å². The Morgan fingerprint density at radius 1 is 0.613 bits per heavy atom. The Hall–Kier alpha value is -0.200. The maximum atomic E-state index is 14.9. The molecular formula is C25H54FNO3S. The van der Waals surface area contributed by atoms with Gasteiger partial charge >= 0.3 is 0 Å². The topological polar surface area (TPSA) is 66.4 Å². The monoisotopic (exact) mass is 467 g/mol. The molecule has 0 aliphatic heterocycles. The lowest BCUT2D eigenvalue weighted by atomic mass is 10.0. The van der Waals surface area contributed by atoms with E-state index >= 15 is 0 Å². The second-order valence-electron chi connectivity index (χ2n) is 9.02. The van der Waals surface area contributed by atoms with Crippen molar-refractivity contribution in [1.82, 2.24) is 5.32 Å². The first-order valence-corrected chi connectivity index (χ1v) is 14.5. The van der Waals surface area contributed by atoms with Crippen LogP contribution in [0.25, 0.3) is 0 Å². The summed E-state index contributed by atoms with van der Waals surface area (Å²) in [5.74, 6) is 0. The Labute approximate surface area is 194 Å². The van der Waals surface area contributed by atoms with Crippen LogP contribution in [0.15, 0.2) is 0 Å². The van der Waals surface area contributed by atoms with Crippen molar-refractivity contribution in [2.24, 2.45) is 0 Å². The van der Waals surface area contributed by atoms with Gasteiger partial charge < -0.3 is 5.32 Å². The fraction of sp³-hybridized carbons (Fsp3) is 1.00. The minimum absolute atomic E-state index is 0.0707. The van der Waals surface area contributed by atoms with Crippen LogP contribution in [-0.4, -0.2) is 32.1 Å².